The number of halogens is 6. The maximum Gasteiger partial charge on any atom is 0.456 e. The van der Waals surface area contributed by atoms with Crippen molar-refractivity contribution < 1.29 is 35.9 Å². The largest absolute Gasteiger partial charge is 0.456 e. The van der Waals surface area contributed by atoms with Gasteiger partial charge in [0.15, 0.2) is 0 Å². The molecule has 0 bridgehead atoms. The first-order chi connectivity index (χ1) is 9.48. The number of benzene rings is 1. The fourth-order valence-corrected chi connectivity index (χ4v) is 1.31. The molecule has 0 radical (unpaired) electrons. The number of alkyl halides is 6. The Morgan fingerprint density at radius 2 is 1.71 bits per heavy atom. The van der Waals surface area contributed by atoms with Crippen LogP contribution in [-0.4, -0.2) is 18.1 Å². The third-order valence-electron chi connectivity index (χ3n) is 2.44. The van der Waals surface area contributed by atoms with Crippen LogP contribution in [0.5, 0.6) is 5.75 Å². The van der Waals surface area contributed by atoms with Crippen LogP contribution in [0, 0.1) is 0 Å². The summed E-state index contributed by atoms with van der Waals surface area (Å²) in [7, 11) is 0. The molecule has 1 atom stereocenters. The number of hydrogen-bond donors (Lipinski definition) is 0. The highest BCUT2D eigenvalue weighted by Gasteiger charge is 2.64. The van der Waals surface area contributed by atoms with Crippen molar-refractivity contribution in [2.24, 2.45) is 0 Å². The number of carbonyl (C=O) groups is 1. The molecule has 0 heterocycles. The summed E-state index contributed by atoms with van der Waals surface area (Å²) in [6.07, 6.45) is -9.77. The lowest BCUT2D eigenvalue weighted by molar-refractivity contribution is -0.305. The summed E-state index contributed by atoms with van der Waals surface area (Å²) in [5, 5.41) is 0. The van der Waals surface area contributed by atoms with Gasteiger partial charge in [-0.2, -0.15) is 22.0 Å². The van der Waals surface area contributed by atoms with Crippen molar-refractivity contribution in [2.45, 2.75) is 25.2 Å². The minimum absolute atomic E-state index is 0.122. The number of para-hydroxylation sites is 1. The van der Waals surface area contributed by atoms with Crippen molar-refractivity contribution in [2.75, 3.05) is 0 Å². The summed E-state index contributed by atoms with van der Waals surface area (Å²) in [6, 6.07) is 3.84. The molecule has 0 aliphatic heterocycles. The zero-order chi connectivity index (χ0) is 16.4. The maximum atomic E-state index is 13.6. The summed E-state index contributed by atoms with van der Waals surface area (Å²) in [4.78, 5) is 11.3. The second-order valence-corrected chi connectivity index (χ2v) is 4.19. The summed E-state index contributed by atoms with van der Waals surface area (Å²) in [6.45, 7) is 4.46. The predicted octanol–water partition coefficient (Wildman–Crippen LogP) is 4.38. The Morgan fingerprint density at radius 3 is 2.19 bits per heavy atom. The average molecular weight is 312 g/mol. The van der Waals surface area contributed by atoms with E-state index in [1.807, 2.05) is 0 Å². The molecule has 0 aliphatic carbocycles. The molecule has 116 valence electrons. The van der Waals surface area contributed by atoms with Crippen LogP contribution >= 0.6 is 0 Å². The Bertz CT molecular complexity index is 550. The molecule has 0 amide bonds. The van der Waals surface area contributed by atoms with Crippen molar-refractivity contribution in [1.82, 2.24) is 0 Å². The van der Waals surface area contributed by atoms with Gasteiger partial charge in [0.05, 0.1) is 0 Å². The van der Waals surface area contributed by atoms with E-state index in [2.05, 4.69) is 11.3 Å². The number of hydrogen-bond acceptors (Lipinski definition) is 2. The smallest absolute Gasteiger partial charge is 0.423 e. The second-order valence-electron chi connectivity index (χ2n) is 4.19. The highest BCUT2D eigenvalue weighted by atomic mass is 19.4. The van der Waals surface area contributed by atoms with Crippen LogP contribution in [0.1, 0.15) is 18.7 Å². The Morgan fingerprint density at radius 1 is 1.19 bits per heavy atom. The fraction of sp³-hybridized carbons (Fsp3) is 0.308. The van der Waals surface area contributed by atoms with Gasteiger partial charge in [-0.25, -0.2) is 9.18 Å². The molecule has 0 aromatic heterocycles. The molecule has 1 aromatic carbocycles. The van der Waals surface area contributed by atoms with Crippen molar-refractivity contribution in [1.29, 1.82) is 0 Å². The minimum atomic E-state index is -6.07. The first-order valence-electron chi connectivity index (χ1n) is 5.53. The van der Waals surface area contributed by atoms with Crippen molar-refractivity contribution in [3.8, 4) is 5.75 Å². The average Bonchev–Trinajstić information content (AvgIpc) is 2.37. The Labute approximate surface area is 116 Å². The highest BCUT2D eigenvalue weighted by Crippen LogP contribution is 2.48. The summed E-state index contributed by atoms with van der Waals surface area (Å²) in [5.74, 6) is -7.40. The van der Waals surface area contributed by atoms with Crippen LogP contribution in [0.4, 0.5) is 26.3 Å². The van der Waals surface area contributed by atoms with Gasteiger partial charge in [-0.15, -0.1) is 0 Å². The highest BCUT2D eigenvalue weighted by molar-refractivity contribution is 5.88. The SMILES string of the molecule is C=C(C)C(=O)Oc1ccccc1C(F)C(F)(F)C(F)(F)F. The fourth-order valence-electron chi connectivity index (χ4n) is 1.31. The molecule has 1 unspecified atom stereocenters. The maximum absolute atomic E-state index is 13.6. The summed E-state index contributed by atoms with van der Waals surface area (Å²) in [5.41, 5.74) is -1.20. The van der Waals surface area contributed by atoms with Crippen LogP contribution in [-0.2, 0) is 4.79 Å². The summed E-state index contributed by atoms with van der Waals surface area (Å²) < 4.78 is 80.8. The van der Waals surface area contributed by atoms with Crippen molar-refractivity contribution in [3.05, 3.63) is 42.0 Å². The van der Waals surface area contributed by atoms with E-state index in [4.69, 9.17) is 0 Å². The third-order valence-corrected chi connectivity index (χ3v) is 2.44. The lowest BCUT2D eigenvalue weighted by Crippen LogP contribution is -2.40. The molecule has 1 aromatic rings. The lowest BCUT2D eigenvalue weighted by Gasteiger charge is -2.24. The van der Waals surface area contributed by atoms with Gasteiger partial charge in [-0.3, -0.25) is 0 Å². The predicted molar refractivity (Wildman–Crippen MR) is 61.7 cm³/mol. The Balaban J connectivity index is 3.20. The van der Waals surface area contributed by atoms with Gasteiger partial charge in [0.1, 0.15) is 5.75 Å². The summed E-state index contributed by atoms with van der Waals surface area (Å²) >= 11 is 0. The van der Waals surface area contributed by atoms with E-state index in [0.29, 0.717) is 6.07 Å². The van der Waals surface area contributed by atoms with Gasteiger partial charge in [-0.05, 0) is 13.0 Å². The second kappa shape index (κ2) is 5.79. The van der Waals surface area contributed by atoms with E-state index in [1.165, 1.54) is 13.0 Å². The molecule has 21 heavy (non-hydrogen) atoms. The van der Waals surface area contributed by atoms with Crippen LogP contribution in [0.3, 0.4) is 0 Å². The van der Waals surface area contributed by atoms with Crippen LogP contribution in [0.15, 0.2) is 36.4 Å². The van der Waals surface area contributed by atoms with Gasteiger partial charge >= 0.3 is 18.1 Å². The van der Waals surface area contributed by atoms with E-state index in [1.54, 1.807) is 0 Å². The third kappa shape index (κ3) is 3.56. The molecular formula is C13H10F6O2. The first-order valence-corrected chi connectivity index (χ1v) is 5.53. The molecule has 1 rings (SSSR count). The van der Waals surface area contributed by atoms with Crippen molar-refractivity contribution in [3.63, 3.8) is 0 Å². The normalized spacial score (nSPS) is 13.7. The minimum Gasteiger partial charge on any atom is -0.423 e. The molecule has 0 N–H and O–H groups in total. The molecule has 0 fully saturated rings. The van der Waals surface area contributed by atoms with E-state index in [9.17, 15) is 31.1 Å². The zero-order valence-corrected chi connectivity index (χ0v) is 10.7. The molecule has 8 heteroatoms. The lowest BCUT2D eigenvalue weighted by atomic mass is 10.0. The van der Waals surface area contributed by atoms with Gasteiger partial charge < -0.3 is 4.74 Å². The van der Waals surface area contributed by atoms with Gasteiger partial charge in [-0.1, -0.05) is 24.8 Å². The topological polar surface area (TPSA) is 26.3 Å². The molecule has 0 saturated heterocycles. The zero-order valence-electron chi connectivity index (χ0n) is 10.7. The number of rotatable bonds is 4. The number of ether oxygens (including phenoxy) is 1. The van der Waals surface area contributed by atoms with Crippen LogP contribution in [0.2, 0.25) is 0 Å². The van der Waals surface area contributed by atoms with Crippen LogP contribution in [0.25, 0.3) is 0 Å². The molecule has 2 nitrogen and oxygen atoms in total. The monoisotopic (exact) mass is 312 g/mol. The van der Waals surface area contributed by atoms with Gasteiger partial charge in [0, 0.05) is 11.1 Å². The van der Waals surface area contributed by atoms with Crippen LogP contribution < -0.4 is 4.74 Å². The molecule has 0 spiro atoms. The Kier molecular flexibility index (Phi) is 4.70. The van der Waals surface area contributed by atoms with Crippen molar-refractivity contribution >= 4 is 5.97 Å². The molecule has 0 aliphatic rings. The van der Waals surface area contributed by atoms with Gasteiger partial charge in [0.25, 0.3) is 0 Å². The Hall–Kier alpha value is -1.99. The number of carbonyl (C=O) groups excluding carboxylic acids is 1. The first kappa shape index (κ1) is 17.1. The van der Waals surface area contributed by atoms with E-state index in [0.717, 1.165) is 12.1 Å². The number of esters is 1. The van der Waals surface area contributed by atoms with E-state index < -0.39 is 35.6 Å². The van der Waals surface area contributed by atoms with E-state index in [-0.39, 0.29) is 5.57 Å². The standard InChI is InChI=1S/C13H10F6O2/c1-7(2)11(20)21-9-6-4-3-5-8(9)10(14)12(15,16)13(17,18)19/h3-6,10H,1H2,2H3. The van der Waals surface area contributed by atoms with Gasteiger partial charge in [0.2, 0.25) is 6.17 Å². The van der Waals surface area contributed by atoms with E-state index >= 15 is 0 Å². The molecular weight excluding hydrogens is 302 g/mol. The molecule has 0 saturated carbocycles. The quantitative estimate of drug-likeness (QED) is 0.357.